The summed E-state index contributed by atoms with van der Waals surface area (Å²) in [6.45, 7) is 3.37. The number of aliphatic hydroxyl groups excluding tert-OH is 1. The van der Waals surface area contributed by atoms with Crippen molar-refractivity contribution in [1.82, 2.24) is 9.97 Å². The fraction of sp³-hybridized carbons (Fsp3) is 0.556. The summed E-state index contributed by atoms with van der Waals surface area (Å²) in [4.78, 5) is 10.1. The van der Waals surface area contributed by atoms with Crippen molar-refractivity contribution in [1.29, 1.82) is 0 Å². The fourth-order valence-corrected chi connectivity index (χ4v) is 1.71. The molecular weight excluding hydrogens is 180 g/mol. The van der Waals surface area contributed by atoms with Crippen LogP contribution in [0.2, 0.25) is 0 Å². The minimum atomic E-state index is -0.245. The first-order valence-corrected chi connectivity index (χ1v) is 4.68. The zero-order chi connectivity index (χ0) is 10.1. The Balaban J connectivity index is 2.28. The minimum absolute atomic E-state index is 0.245. The first-order valence-electron chi connectivity index (χ1n) is 4.68. The molecule has 1 saturated heterocycles. The zero-order valence-corrected chi connectivity index (χ0v) is 8.14. The lowest BCUT2D eigenvalue weighted by Crippen LogP contribution is -2.23. The van der Waals surface area contributed by atoms with E-state index in [4.69, 9.17) is 5.73 Å². The lowest BCUT2D eigenvalue weighted by molar-refractivity contribution is 0.198. The molecule has 5 nitrogen and oxygen atoms in total. The Morgan fingerprint density at radius 3 is 3.00 bits per heavy atom. The van der Waals surface area contributed by atoms with Crippen molar-refractivity contribution < 1.29 is 5.11 Å². The topological polar surface area (TPSA) is 75.3 Å². The molecule has 14 heavy (non-hydrogen) atoms. The van der Waals surface area contributed by atoms with Crippen LogP contribution in [0, 0.1) is 6.92 Å². The predicted molar refractivity (Wildman–Crippen MR) is 54.0 cm³/mol. The molecule has 3 N–H and O–H groups in total. The maximum absolute atomic E-state index is 9.40. The maximum Gasteiger partial charge on any atom is 0.137 e. The highest BCUT2D eigenvalue weighted by molar-refractivity contribution is 5.56. The second-order valence-electron chi connectivity index (χ2n) is 3.60. The Kier molecular flexibility index (Phi) is 2.25. The summed E-state index contributed by atoms with van der Waals surface area (Å²) in [6.07, 6.45) is 2.01. The van der Waals surface area contributed by atoms with E-state index < -0.39 is 0 Å². The highest BCUT2D eigenvalue weighted by Gasteiger charge is 2.23. The van der Waals surface area contributed by atoms with Gasteiger partial charge in [-0.1, -0.05) is 0 Å². The molecule has 5 heteroatoms. The quantitative estimate of drug-likeness (QED) is 0.655. The van der Waals surface area contributed by atoms with Gasteiger partial charge in [-0.05, 0) is 13.3 Å². The molecule has 1 aromatic rings. The van der Waals surface area contributed by atoms with E-state index in [1.807, 2.05) is 11.8 Å². The van der Waals surface area contributed by atoms with Gasteiger partial charge in [-0.3, -0.25) is 0 Å². The Bertz CT molecular complexity index is 342. The Morgan fingerprint density at radius 1 is 1.57 bits per heavy atom. The second kappa shape index (κ2) is 3.42. The molecule has 0 radical (unpaired) electrons. The molecule has 0 amide bonds. The summed E-state index contributed by atoms with van der Waals surface area (Å²) in [5, 5.41) is 9.40. The molecule has 0 bridgehead atoms. The standard InChI is InChI=1S/C9H14N4O/c1-6-8(10)11-5-12-9(6)13-3-2-7(14)4-13/h5,7,14H,2-4H2,1H3,(H2,10,11,12). The van der Waals surface area contributed by atoms with Gasteiger partial charge in [-0.2, -0.15) is 0 Å². The van der Waals surface area contributed by atoms with E-state index in [2.05, 4.69) is 9.97 Å². The van der Waals surface area contributed by atoms with Crippen molar-refractivity contribution in [2.45, 2.75) is 19.4 Å². The fourth-order valence-electron chi connectivity index (χ4n) is 1.71. The van der Waals surface area contributed by atoms with Crippen molar-refractivity contribution in [3.63, 3.8) is 0 Å². The molecule has 2 heterocycles. The first-order chi connectivity index (χ1) is 6.68. The lowest BCUT2D eigenvalue weighted by atomic mass is 10.3. The molecule has 2 rings (SSSR count). The summed E-state index contributed by atoms with van der Waals surface area (Å²) < 4.78 is 0. The number of aromatic nitrogens is 2. The van der Waals surface area contributed by atoms with Crippen LogP contribution in [0.1, 0.15) is 12.0 Å². The number of β-amino-alcohol motifs (C(OH)–C–C–N with tert-alkyl or cyclic N) is 1. The normalized spacial score (nSPS) is 21.6. The van der Waals surface area contributed by atoms with Crippen molar-refractivity contribution in [2.75, 3.05) is 23.7 Å². The van der Waals surface area contributed by atoms with Gasteiger partial charge in [0.15, 0.2) is 0 Å². The smallest absolute Gasteiger partial charge is 0.137 e. The Hall–Kier alpha value is -1.36. The van der Waals surface area contributed by atoms with Crippen LogP contribution in [0.5, 0.6) is 0 Å². The lowest BCUT2D eigenvalue weighted by Gasteiger charge is -2.18. The molecule has 0 saturated carbocycles. The maximum atomic E-state index is 9.40. The van der Waals surface area contributed by atoms with Crippen LogP contribution in [0.25, 0.3) is 0 Å². The SMILES string of the molecule is Cc1c(N)ncnc1N1CCC(O)C1. The summed E-state index contributed by atoms with van der Waals surface area (Å²) in [6, 6.07) is 0. The number of aliphatic hydroxyl groups is 1. The summed E-state index contributed by atoms with van der Waals surface area (Å²) >= 11 is 0. The summed E-state index contributed by atoms with van der Waals surface area (Å²) in [5.74, 6) is 1.35. The third kappa shape index (κ3) is 1.50. The van der Waals surface area contributed by atoms with Crippen LogP contribution in [-0.2, 0) is 0 Å². The number of nitrogens with zero attached hydrogens (tertiary/aromatic N) is 3. The van der Waals surface area contributed by atoms with Crippen molar-refractivity contribution in [2.24, 2.45) is 0 Å². The summed E-state index contributed by atoms with van der Waals surface area (Å²) in [7, 11) is 0. The molecule has 1 aliphatic rings. The Labute approximate surface area is 82.6 Å². The molecule has 0 spiro atoms. The zero-order valence-electron chi connectivity index (χ0n) is 8.14. The Morgan fingerprint density at radius 2 is 2.36 bits per heavy atom. The molecule has 0 aliphatic carbocycles. The highest BCUT2D eigenvalue weighted by Crippen LogP contribution is 2.23. The van der Waals surface area contributed by atoms with Gasteiger partial charge in [0.1, 0.15) is 18.0 Å². The van der Waals surface area contributed by atoms with Crippen LogP contribution in [0.4, 0.5) is 11.6 Å². The van der Waals surface area contributed by atoms with Crippen molar-refractivity contribution >= 4 is 11.6 Å². The second-order valence-corrected chi connectivity index (χ2v) is 3.60. The molecular formula is C9H14N4O. The van der Waals surface area contributed by atoms with E-state index in [1.54, 1.807) is 0 Å². The average Bonchev–Trinajstić information content (AvgIpc) is 2.57. The molecule has 76 valence electrons. The van der Waals surface area contributed by atoms with E-state index >= 15 is 0 Å². The first kappa shape index (κ1) is 9.21. The third-order valence-corrected chi connectivity index (χ3v) is 2.56. The van der Waals surface area contributed by atoms with Crippen LogP contribution < -0.4 is 10.6 Å². The molecule has 1 aromatic heterocycles. The number of hydrogen-bond donors (Lipinski definition) is 2. The van der Waals surface area contributed by atoms with Crippen LogP contribution in [0.15, 0.2) is 6.33 Å². The monoisotopic (exact) mass is 194 g/mol. The van der Waals surface area contributed by atoms with E-state index in [0.29, 0.717) is 12.4 Å². The number of rotatable bonds is 1. The van der Waals surface area contributed by atoms with Crippen molar-refractivity contribution in [3.8, 4) is 0 Å². The van der Waals surface area contributed by atoms with Gasteiger partial charge in [0.25, 0.3) is 0 Å². The minimum Gasteiger partial charge on any atom is -0.391 e. The van der Waals surface area contributed by atoms with Gasteiger partial charge in [-0.25, -0.2) is 9.97 Å². The van der Waals surface area contributed by atoms with Crippen LogP contribution in [-0.4, -0.2) is 34.3 Å². The number of hydrogen-bond acceptors (Lipinski definition) is 5. The number of nitrogen functional groups attached to an aromatic ring is 1. The highest BCUT2D eigenvalue weighted by atomic mass is 16.3. The van der Waals surface area contributed by atoms with E-state index in [0.717, 1.165) is 24.3 Å². The van der Waals surface area contributed by atoms with Gasteiger partial charge >= 0.3 is 0 Å². The number of anilines is 2. The van der Waals surface area contributed by atoms with E-state index in [1.165, 1.54) is 6.33 Å². The van der Waals surface area contributed by atoms with Gasteiger partial charge in [0, 0.05) is 18.7 Å². The van der Waals surface area contributed by atoms with E-state index in [-0.39, 0.29) is 6.10 Å². The molecule has 0 aromatic carbocycles. The van der Waals surface area contributed by atoms with Crippen LogP contribution in [0.3, 0.4) is 0 Å². The van der Waals surface area contributed by atoms with Gasteiger partial charge in [-0.15, -0.1) is 0 Å². The molecule has 1 atom stereocenters. The van der Waals surface area contributed by atoms with Gasteiger partial charge < -0.3 is 15.7 Å². The third-order valence-electron chi connectivity index (χ3n) is 2.56. The number of nitrogens with two attached hydrogens (primary N) is 1. The molecule has 1 aliphatic heterocycles. The van der Waals surface area contributed by atoms with Gasteiger partial charge in [0.05, 0.1) is 6.10 Å². The van der Waals surface area contributed by atoms with Gasteiger partial charge in [0.2, 0.25) is 0 Å². The van der Waals surface area contributed by atoms with Crippen molar-refractivity contribution in [3.05, 3.63) is 11.9 Å². The molecule has 1 fully saturated rings. The van der Waals surface area contributed by atoms with Crippen LogP contribution >= 0.6 is 0 Å². The largest absolute Gasteiger partial charge is 0.391 e. The average molecular weight is 194 g/mol. The van der Waals surface area contributed by atoms with E-state index in [9.17, 15) is 5.11 Å². The summed E-state index contributed by atoms with van der Waals surface area (Å²) in [5.41, 5.74) is 6.57. The molecule has 1 unspecified atom stereocenters. The predicted octanol–water partition coefficient (Wildman–Crippen LogP) is -0.0618.